The summed E-state index contributed by atoms with van der Waals surface area (Å²) in [7, 11) is 0. The van der Waals surface area contributed by atoms with Gasteiger partial charge >= 0.3 is 0 Å². The zero-order valence-corrected chi connectivity index (χ0v) is 7.75. The molecule has 1 aromatic carbocycles. The molecular weight excluding hydrogens is 204 g/mol. The molecule has 0 aromatic heterocycles. The lowest BCUT2D eigenvalue weighted by molar-refractivity contribution is 0.189. The molecule has 1 rings (SSSR count). The van der Waals surface area contributed by atoms with Crippen molar-refractivity contribution in [1.82, 2.24) is 0 Å². The van der Waals surface area contributed by atoms with Gasteiger partial charge < -0.3 is 0 Å². The van der Waals surface area contributed by atoms with E-state index in [9.17, 15) is 5.11 Å². The minimum atomic E-state index is -0.0230. The van der Waals surface area contributed by atoms with Gasteiger partial charge in [-0.25, -0.2) is 5.11 Å². The fraction of sp³-hybridized carbons (Fsp3) is 0.333. The molecule has 0 aliphatic rings. The average molecular weight is 214 g/mol. The van der Waals surface area contributed by atoms with Crippen LogP contribution < -0.4 is 0 Å². The maximum absolute atomic E-state index is 10.3. The van der Waals surface area contributed by atoms with Crippen LogP contribution in [0.2, 0.25) is 0 Å². The van der Waals surface area contributed by atoms with Crippen LogP contribution in [0.1, 0.15) is 16.8 Å². The topological polar surface area (TPSA) is 19.9 Å². The highest BCUT2D eigenvalue weighted by Gasteiger charge is 2.04. The van der Waals surface area contributed by atoms with Gasteiger partial charge in [0.25, 0.3) is 0 Å². The largest absolute Gasteiger partial charge is 0.237 e. The van der Waals surface area contributed by atoms with Crippen molar-refractivity contribution >= 4 is 15.9 Å². The van der Waals surface area contributed by atoms with E-state index in [-0.39, 0.29) is 11.4 Å². The summed E-state index contributed by atoms with van der Waals surface area (Å²) >= 11 is 3.45. The zero-order chi connectivity index (χ0) is 8.10. The lowest BCUT2D eigenvalue weighted by Gasteiger charge is -2.05. The first-order valence-corrected chi connectivity index (χ1v) is 4.53. The number of alkyl halides is 1. The zero-order valence-electron chi connectivity index (χ0n) is 6.16. The van der Waals surface area contributed by atoms with E-state index in [1.807, 2.05) is 30.3 Å². The number of rotatable bonds is 3. The van der Waals surface area contributed by atoms with Crippen molar-refractivity contribution in [1.29, 1.82) is 0 Å². The predicted octanol–water partition coefficient (Wildman–Crippen LogP) is 2.94. The van der Waals surface area contributed by atoms with E-state index in [2.05, 4.69) is 15.9 Å². The Morgan fingerprint density at radius 3 is 2.45 bits per heavy atom. The molecule has 0 aliphatic carbocycles. The lowest BCUT2D eigenvalue weighted by atomic mass is 10.1. The molecule has 0 saturated carbocycles. The molecular formula is C9H10BrO. The Balaban J connectivity index is 2.61. The third kappa shape index (κ3) is 2.64. The first-order chi connectivity index (χ1) is 5.34. The van der Waals surface area contributed by atoms with E-state index in [1.54, 1.807) is 0 Å². The average Bonchev–Trinajstić information content (AvgIpc) is 2.07. The molecule has 0 aliphatic heterocycles. The summed E-state index contributed by atoms with van der Waals surface area (Å²) in [5.41, 5.74) is 1.18. The number of hydrogen-bond donors (Lipinski definition) is 0. The summed E-state index contributed by atoms with van der Waals surface area (Å²) in [4.78, 5) is 0.223. The molecule has 1 radical (unpaired) electrons. The van der Waals surface area contributed by atoms with E-state index in [0.29, 0.717) is 6.42 Å². The van der Waals surface area contributed by atoms with E-state index < -0.39 is 0 Å². The Hall–Kier alpha value is -0.340. The first kappa shape index (κ1) is 8.75. The van der Waals surface area contributed by atoms with Crippen LogP contribution in [0.4, 0.5) is 0 Å². The van der Waals surface area contributed by atoms with Gasteiger partial charge in [-0.2, -0.15) is 0 Å². The van der Waals surface area contributed by atoms with Crippen molar-refractivity contribution in [3.8, 4) is 0 Å². The summed E-state index contributed by atoms with van der Waals surface area (Å²) in [6, 6.07) is 9.98. The summed E-state index contributed by atoms with van der Waals surface area (Å²) < 4.78 is 0. The molecule has 59 valence electrons. The molecule has 0 saturated heterocycles. The molecule has 1 unspecified atom stereocenters. The maximum Gasteiger partial charge on any atom is 0.0836 e. The SMILES string of the molecule is [O]CCC(Br)c1ccccc1. The fourth-order valence-corrected chi connectivity index (χ4v) is 1.42. The quantitative estimate of drug-likeness (QED) is 0.689. The molecule has 0 heterocycles. The van der Waals surface area contributed by atoms with Crippen molar-refractivity contribution in [2.45, 2.75) is 11.2 Å². The van der Waals surface area contributed by atoms with Crippen LogP contribution in [0, 0.1) is 0 Å². The smallest absolute Gasteiger partial charge is 0.0836 e. The van der Waals surface area contributed by atoms with E-state index in [0.717, 1.165) is 0 Å². The number of benzene rings is 1. The van der Waals surface area contributed by atoms with Gasteiger partial charge in [0.2, 0.25) is 0 Å². The highest BCUT2D eigenvalue weighted by atomic mass is 79.9. The second kappa shape index (κ2) is 4.52. The standard InChI is InChI=1S/C9H10BrO/c10-9(6-7-11)8-4-2-1-3-5-8/h1-5,9H,6-7H2. The summed E-state index contributed by atoms with van der Waals surface area (Å²) in [6.07, 6.45) is 0.657. The van der Waals surface area contributed by atoms with Gasteiger partial charge in [-0.05, 0) is 12.0 Å². The van der Waals surface area contributed by atoms with Gasteiger partial charge in [0.15, 0.2) is 0 Å². The second-order valence-corrected chi connectivity index (χ2v) is 3.48. The van der Waals surface area contributed by atoms with Crippen LogP contribution in [-0.2, 0) is 5.11 Å². The molecule has 1 aromatic rings. The number of hydrogen-bond acceptors (Lipinski definition) is 0. The molecule has 0 N–H and O–H groups in total. The third-order valence-corrected chi connectivity index (χ3v) is 2.52. The van der Waals surface area contributed by atoms with E-state index in [1.165, 1.54) is 5.56 Å². The molecule has 11 heavy (non-hydrogen) atoms. The van der Waals surface area contributed by atoms with Gasteiger partial charge in [0, 0.05) is 4.83 Å². The molecule has 0 amide bonds. The van der Waals surface area contributed by atoms with Gasteiger partial charge in [-0.3, -0.25) is 0 Å². The third-order valence-electron chi connectivity index (χ3n) is 1.53. The Bertz CT molecular complexity index is 198. The van der Waals surface area contributed by atoms with Gasteiger partial charge in [0.1, 0.15) is 0 Å². The molecule has 1 atom stereocenters. The van der Waals surface area contributed by atoms with E-state index >= 15 is 0 Å². The van der Waals surface area contributed by atoms with Crippen molar-refractivity contribution < 1.29 is 5.11 Å². The minimum absolute atomic E-state index is 0.0230. The predicted molar refractivity (Wildman–Crippen MR) is 48.3 cm³/mol. The van der Waals surface area contributed by atoms with Crippen molar-refractivity contribution in [2.24, 2.45) is 0 Å². The van der Waals surface area contributed by atoms with Crippen LogP contribution in [0.3, 0.4) is 0 Å². The van der Waals surface area contributed by atoms with Crippen LogP contribution >= 0.6 is 15.9 Å². The maximum atomic E-state index is 10.3. The summed E-state index contributed by atoms with van der Waals surface area (Å²) in [5, 5.41) is 10.3. The second-order valence-electron chi connectivity index (χ2n) is 2.37. The number of halogens is 1. The lowest BCUT2D eigenvalue weighted by Crippen LogP contribution is -1.91. The first-order valence-electron chi connectivity index (χ1n) is 3.61. The van der Waals surface area contributed by atoms with Gasteiger partial charge in [-0.1, -0.05) is 46.3 Å². The fourth-order valence-electron chi connectivity index (χ4n) is 0.932. The van der Waals surface area contributed by atoms with Crippen LogP contribution in [0.15, 0.2) is 30.3 Å². The molecule has 2 heteroatoms. The molecule has 0 fully saturated rings. The summed E-state index contributed by atoms with van der Waals surface area (Å²) in [6.45, 7) is -0.0230. The highest BCUT2D eigenvalue weighted by molar-refractivity contribution is 9.09. The molecule has 1 nitrogen and oxygen atoms in total. The van der Waals surface area contributed by atoms with Gasteiger partial charge in [-0.15, -0.1) is 0 Å². The van der Waals surface area contributed by atoms with Crippen molar-refractivity contribution in [3.05, 3.63) is 35.9 Å². The van der Waals surface area contributed by atoms with Crippen molar-refractivity contribution in [3.63, 3.8) is 0 Å². The summed E-state index contributed by atoms with van der Waals surface area (Å²) in [5.74, 6) is 0. The van der Waals surface area contributed by atoms with Crippen molar-refractivity contribution in [2.75, 3.05) is 6.61 Å². The normalized spacial score (nSPS) is 12.9. The van der Waals surface area contributed by atoms with Gasteiger partial charge in [0.05, 0.1) is 6.61 Å². The van der Waals surface area contributed by atoms with Crippen LogP contribution in [0.5, 0.6) is 0 Å². The Kier molecular flexibility index (Phi) is 3.60. The molecule has 0 bridgehead atoms. The molecule has 0 spiro atoms. The minimum Gasteiger partial charge on any atom is -0.237 e. The Morgan fingerprint density at radius 2 is 1.91 bits per heavy atom. The van der Waals surface area contributed by atoms with Crippen LogP contribution in [-0.4, -0.2) is 6.61 Å². The van der Waals surface area contributed by atoms with Crippen LogP contribution in [0.25, 0.3) is 0 Å². The Labute approximate surface area is 75.2 Å². The van der Waals surface area contributed by atoms with E-state index in [4.69, 9.17) is 0 Å². The monoisotopic (exact) mass is 213 g/mol. The Morgan fingerprint density at radius 1 is 1.27 bits per heavy atom. The highest BCUT2D eigenvalue weighted by Crippen LogP contribution is 2.25.